The Labute approximate surface area is 152 Å². The van der Waals surface area contributed by atoms with Crippen LogP contribution < -0.4 is 5.32 Å². The number of tetrazole rings is 1. The fraction of sp³-hybridized carbons (Fsp3) is 0.556. The van der Waals surface area contributed by atoms with Gasteiger partial charge in [-0.25, -0.2) is 4.68 Å². The molecule has 2 heterocycles. The molecule has 1 N–H and O–H groups in total. The lowest BCUT2D eigenvalue weighted by Crippen LogP contribution is -2.36. The van der Waals surface area contributed by atoms with Gasteiger partial charge in [-0.05, 0) is 34.4 Å². The van der Waals surface area contributed by atoms with Crippen molar-refractivity contribution in [2.75, 3.05) is 26.3 Å². The molecule has 0 radical (unpaired) electrons. The first-order chi connectivity index (χ1) is 12.8. The van der Waals surface area contributed by atoms with Crippen LogP contribution in [0, 0.1) is 0 Å². The number of hydrogen-bond donors (Lipinski definition) is 1. The van der Waals surface area contributed by atoms with E-state index < -0.39 is 0 Å². The Morgan fingerprint density at radius 3 is 3.00 bits per heavy atom. The van der Waals surface area contributed by atoms with Gasteiger partial charge in [-0.2, -0.15) is 0 Å². The minimum absolute atomic E-state index is 0.0412. The first-order valence-electron chi connectivity index (χ1n) is 9.22. The lowest BCUT2D eigenvalue weighted by Gasteiger charge is -2.25. The van der Waals surface area contributed by atoms with Crippen LogP contribution in [-0.4, -0.2) is 57.3 Å². The van der Waals surface area contributed by atoms with Crippen LogP contribution in [0.15, 0.2) is 24.3 Å². The van der Waals surface area contributed by atoms with Gasteiger partial charge in [0.15, 0.2) is 5.82 Å². The quantitative estimate of drug-likeness (QED) is 0.820. The van der Waals surface area contributed by atoms with Gasteiger partial charge in [0.2, 0.25) is 5.91 Å². The Morgan fingerprint density at radius 2 is 2.12 bits per heavy atom. The topological polar surface area (TPSA) is 85.2 Å². The summed E-state index contributed by atoms with van der Waals surface area (Å²) in [6, 6.07) is 8.45. The van der Waals surface area contributed by atoms with Crippen molar-refractivity contribution in [3.05, 3.63) is 41.2 Å². The highest BCUT2D eigenvalue weighted by molar-refractivity contribution is 5.76. The Bertz CT molecular complexity index is 756. The normalized spacial score (nSPS) is 20.1. The van der Waals surface area contributed by atoms with Crippen molar-refractivity contribution in [3.8, 4) is 0 Å². The van der Waals surface area contributed by atoms with Crippen LogP contribution in [0.4, 0.5) is 0 Å². The lowest BCUT2D eigenvalue weighted by atomic mass is 10.1. The summed E-state index contributed by atoms with van der Waals surface area (Å²) in [6.45, 7) is 4.43. The molecule has 1 aromatic heterocycles. The maximum absolute atomic E-state index is 12.4. The number of hydrogen-bond acceptors (Lipinski definition) is 6. The summed E-state index contributed by atoms with van der Waals surface area (Å²) in [4.78, 5) is 14.7. The first kappa shape index (κ1) is 17.1. The van der Waals surface area contributed by atoms with Crippen molar-refractivity contribution in [2.24, 2.45) is 0 Å². The van der Waals surface area contributed by atoms with E-state index in [1.54, 1.807) is 4.68 Å². The molecule has 26 heavy (non-hydrogen) atoms. The van der Waals surface area contributed by atoms with Crippen molar-refractivity contribution >= 4 is 5.91 Å². The van der Waals surface area contributed by atoms with Gasteiger partial charge < -0.3 is 10.1 Å². The number of ether oxygens (including phenoxy) is 1. The summed E-state index contributed by atoms with van der Waals surface area (Å²) < 4.78 is 7.10. The minimum Gasteiger partial charge on any atom is -0.379 e. The zero-order chi connectivity index (χ0) is 17.8. The Morgan fingerprint density at radius 1 is 1.27 bits per heavy atom. The van der Waals surface area contributed by atoms with E-state index in [1.165, 1.54) is 11.1 Å². The molecule has 2 aliphatic rings. The molecule has 1 atom stereocenters. The Balaban J connectivity index is 1.29. The first-order valence-corrected chi connectivity index (χ1v) is 9.22. The van der Waals surface area contributed by atoms with E-state index >= 15 is 0 Å². The number of nitrogens with one attached hydrogen (secondary N) is 1. The maximum Gasteiger partial charge on any atom is 0.222 e. The maximum atomic E-state index is 12.4. The van der Waals surface area contributed by atoms with Crippen LogP contribution >= 0.6 is 0 Å². The molecule has 8 heteroatoms. The molecule has 1 aromatic carbocycles. The summed E-state index contributed by atoms with van der Waals surface area (Å²) in [5.74, 6) is 0.838. The molecule has 138 valence electrons. The molecular formula is C18H24N6O2. The molecule has 1 saturated heterocycles. The van der Waals surface area contributed by atoms with Crippen LogP contribution in [0.25, 0.3) is 0 Å². The Hall–Kier alpha value is -2.32. The second-order valence-corrected chi connectivity index (χ2v) is 6.81. The van der Waals surface area contributed by atoms with Gasteiger partial charge in [-0.1, -0.05) is 24.3 Å². The van der Waals surface area contributed by atoms with Crippen molar-refractivity contribution < 1.29 is 9.53 Å². The number of carbonyl (C=O) groups excluding carboxylic acids is 1. The van der Waals surface area contributed by atoms with Gasteiger partial charge in [0.25, 0.3) is 0 Å². The molecule has 1 aliphatic carbocycles. The molecule has 0 bridgehead atoms. The number of fused-ring (bicyclic) bond motifs is 1. The highest BCUT2D eigenvalue weighted by Gasteiger charge is 2.23. The third-order valence-electron chi connectivity index (χ3n) is 5.09. The number of aryl methyl sites for hydroxylation is 2. The molecule has 8 nitrogen and oxygen atoms in total. The number of nitrogens with zero attached hydrogens (tertiary/aromatic N) is 5. The molecule has 1 fully saturated rings. The fourth-order valence-electron chi connectivity index (χ4n) is 3.65. The van der Waals surface area contributed by atoms with Gasteiger partial charge in [0.1, 0.15) is 0 Å². The molecule has 1 unspecified atom stereocenters. The second kappa shape index (κ2) is 7.92. The number of aromatic nitrogens is 4. The summed E-state index contributed by atoms with van der Waals surface area (Å²) in [6.07, 6.45) is 2.37. The van der Waals surface area contributed by atoms with Crippen molar-refractivity contribution in [2.45, 2.75) is 38.4 Å². The molecule has 1 amide bonds. The van der Waals surface area contributed by atoms with Gasteiger partial charge in [0.05, 0.1) is 32.3 Å². The van der Waals surface area contributed by atoms with Crippen molar-refractivity contribution in [1.29, 1.82) is 0 Å². The van der Waals surface area contributed by atoms with Crippen LogP contribution in [0.2, 0.25) is 0 Å². The zero-order valence-electron chi connectivity index (χ0n) is 14.8. The molecule has 2 aromatic rings. The van der Waals surface area contributed by atoms with Crippen LogP contribution in [-0.2, 0) is 29.0 Å². The summed E-state index contributed by atoms with van der Waals surface area (Å²) in [7, 11) is 0. The molecule has 4 rings (SSSR count). The molecular weight excluding hydrogens is 332 g/mol. The number of benzene rings is 1. The third-order valence-corrected chi connectivity index (χ3v) is 5.09. The number of morpholine rings is 1. The standard InChI is InChI=1S/C18H24N6O2/c25-18(19-16-6-5-14-3-1-2-4-15(14)16)7-8-24-17(20-21-22-24)13-23-9-11-26-12-10-23/h1-4,16H,5-13H2,(H,19,25). The van der Waals surface area contributed by atoms with E-state index in [0.29, 0.717) is 19.5 Å². The van der Waals surface area contributed by atoms with E-state index in [0.717, 1.165) is 45.0 Å². The van der Waals surface area contributed by atoms with Gasteiger partial charge >= 0.3 is 0 Å². The van der Waals surface area contributed by atoms with E-state index in [2.05, 4.69) is 43.9 Å². The van der Waals surface area contributed by atoms with Gasteiger partial charge in [-0.3, -0.25) is 9.69 Å². The lowest BCUT2D eigenvalue weighted by molar-refractivity contribution is -0.122. The molecule has 0 spiro atoms. The van der Waals surface area contributed by atoms with Gasteiger partial charge in [-0.15, -0.1) is 5.10 Å². The van der Waals surface area contributed by atoms with Crippen LogP contribution in [0.3, 0.4) is 0 Å². The highest BCUT2D eigenvalue weighted by Crippen LogP contribution is 2.30. The molecule has 1 aliphatic heterocycles. The number of rotatable bonds is 6. The highest BCUT2D eigenvalue weighted by atomic mass is 16.5. The summed E-state index contributed by atoms with van der Waals surface area (Å²) in [5.41, 5.74) is 2.59. The van der Waals surface area contributed by atoms with Gasteiger partial charge in [0, 0.05) is 19.5 Å². The van der Waals surface area contributed by atoms with E-state index in [1.807, 2.05) is 6.07 Å². The fourth-order valence-corrected chi connectivity index (χ4v) is 3.65. The average molecular weight is 356 g/mol. The predicted molar refractivity (Wildman–Crippen MR) is 94.2 cm³/mol. The monoisotopic (exact) mass is 356 g/mol. The average Bonchev–Trinajstić information content (AvgIpc) is 3.28. The summed E-state index contributed by atoms with van der Waals surface area (Å²) >= 11 is 0. The largest absolute Gasteiger partial charge is 0.379 e. The smallest absolute Gasteiger partial charge is 0.222 e. The van der Waals surface area contributed by atoms with Crippen molar-refractivity contribution in [1.82, 2.24) is 30.4 Å². The second-order valence-electron chi connectivity index (χ2n) is 6.81. The van der Waals surface area contributed by atoms with E-state index in [4.69, 9.17) is 4.74 Å². The summed E-state index contributed by atoms with van der Waals surface area (Å²) in [5, 5.41) is 15.1. The third kappa shape index (κ3) is 3.91. The van der Waals surface area contributed by atoms with E-state index in [9.17, 15) is 4.79 Å². The zero-order valence-corrected chi connectivity index (χ0v) is 14.8. The SMILES string of the molecule is O=C(CCn1nnnc1CN1CCOCC1)NC1CCc2ccccc21. The van der Waals surface area contributed by atoms with Crippen molar-refractivity contribution in [3.63, 3.8) is 0 Å². The van der Waals surface area contributed by atoms with E-state index in [-0.39, 0.29) is 11.9 Å². The number of amides is 1. The van der Waals surface area contributed by atoms with Crippen LogP contribution in [0.1, 0.15) is 35.8 Å². The number of carbonyl (C=O) groups is 1. The minimum atomic E-state index is 0.0412. The Kier molecular flexibility index (Phi) is 5.21. The predicted octanol–water partition coefficient (Wildman–Crippen LogP) is 0.699. The molecule has 0 saturated carbocycles. The van der Waals surface area contributed by atoms with Crippen LogP contribution in [0.5, 0.6) is 0 Å².